The molecule has 5 aromatic rings. The summed E-state index contributed by atoms with van der Waals surface area (Å²) in [5.74, 6) is 4.43. The molecule has 0 bridgehead atoms. The van der Waals surface area contributed by atoms with Crippen LogP contribution >= 0.6 is 0 Å². The number of aromatic amines is 1. The van der Waals surface area contributed by atoms with Crippen molar-refractivity contribution in [3.05, 3.63) is 41.2 Å². The van der Waals surface area contributed by atoms with Crippen LogP contribution < -0.4 is 10.1 Å². The lowest BCUT2D eigenvalue weighted by atomic mass is 10.0. The second-order valence-corrected chi connectivity index (χ2v) is 9.66. The van der Waals surface area contributed by atoms with Gasteiger partial charge in [-0.15, -0.1) is 0 Å². The Morgan fingerprint density at radius 2 is 1.94 bits per heavy atom. The number of aromatic nitrogens is 6. The Labute approximate surface area is 202 Å². The van der Waals surface area contributed by atoms with Gasteiger partial charge in [-0.3, -0.25) is 0 Å². The molecule has 0 radical (unpaired) electrons. The van der Waals surface area contributed by atoms with Crippen LogP contribution in [0.5, 0.6) is 5.75 Å². The number of methoxy groups -OCH3 is 1. The van der Waals surface area contributed by atoms with Crippen LogP contribution in [0.2, 0.25) is 0 Å². The third-order valence-corrected chi connectivity index (χ3v) is 6.67. The molecule has 4 heterocycles. The van der Waals surface area contributed by atoms with Crippen LogP contribution in [0.1, 0.15) is 61.6 Å². The van der Waals surface area contributed by atoms with Gasteiger partial charge in [0.25, 0.3) is 0 Å². The summed E-state index contributed by atoms with van der Waals surface area (Å²) in [5, 5.41) is 14.5. The SMILES string of the molecule is COc1cc2c(cc1-c1c(C)noc1C)[nH]c1nc(C)nc(Nc3cc(C4CC4)nn3C(C)C)c12. The lowest BCUT2D eigenvalue weighted by Crippen LogP contribution is -2.08. The van der Waals surface area contributed by atoms with Gasteiger partial charge in [0.2, 0.25) is 0 Å². The quantitative estimate of drug-likeness (QED) is 0.308. The molecular weight excluding hydrogens is 442 g/mol. The van der Waals surface area contributed by atoms with Gasteiger partial charge < -0.3 is 19.6 Å². The minimum atomic E-state index is 0.226. The summed E-state index contributed by atoms with van der Waals surface area (Å²) in [6.07, 6.45) is 2.42. The Morgan fingerprint density at radius 1 is 1.14 bits per heavy atom. The second kappa shape index (κ2) is 7.83. The highest BCUT2D eigenvalue weighted by Gasteiger charge is 2.28. The van der Waals surface area contributed by atoms with E-state index in [0.29, 0.717) is 11.7 Å². The number of rotatable bonds is 6. The number of benzene rings is 1. The van der Waals surface area contributed by atoms with Gasteiger partial charge in [0, 0.05) is 34.5 Å². The van der Waals surface area contributed by atoms with E-state index in [2.05, 4.69) is 41.4 Å². The molecule has 1 aliphatic rings. The number of H-pyrrole nitrogens is 1. The van der Waals surface area contributed by atoms with Gasteiger partial charge >= 0.3 is 0 Å². The van der Waals surface area contributed by atoms with Crippen LogP contribution in [0.3, 0.4) is 0 Å². The summed E-state index contributed by atoms with van der Waals surface area (Å²) in [7, 11) is 1.68. The van der Waals surface area contributed by atoms with E-state index in [1.807, 2.05) is 31.5 Å². The number of nitrogens with one attached hydrogen (secondary N) is 2. The Morgan fingerprint density at radius 3 is 2.60 bits per heavy atom. The fraction of sp³-hybridized carbons (Fsp3) is 0.385. The normalized spacial score (nSPS) is 13.9. The maximum absolute atomic E-state index is 5.82. The van der Waals surface area contributed by atoms with Crippen molar-refractivity contribution in [2.75, 3.05) is 12.4 Å². The molecular formula is C26H29N7O2. The lowest BCUT2D eigenvalue weighted by Gasteiger charge is -2.13. The summed E-state index contributed by atoms with van der Waals surface area (Å²) >= 11 is 0. The predicted molar refractivity (Wildman–Crippen MR) is 136 cm³/mol. The first-order valence-electron chi connectivity index (χ1n) is 12.0. The second-order valence-electron chi connectivity index (χ2n) is 9.66. The van der Waals surface area contributed by atoms with Gasteiger partial charge in [-0.2, -0.15) is 5.10 Å². The topological polar surface area (TPSA) is 107 Å². The fourth-order valence-electron chi connectivity index (χ4n) is 4.86. The van der Waals surface area contributed by atoms with Gasteiger partial charge in [0.05, 0.1) is 29.4 Å². The van der Waals surface area contributed by atoms with E-state index in [1.54, 1.807) is 7.11 Å². The summed E-state index contributed by atoms with van der Waals surface area (Å²) in [4.78, 5) is 13.0. The first kappa shape index (κ1) is 21.6. The van der Waals surface area contributed by atoms with Gasteiger partial charge in [-0.05, 0) is 59.6 Å². The minimum Gasteiger partial charge on any atom is -0.496 e. The van der Waals surface area contributed by atoms with Crippen molar-refractivity contribution in [2.24, 2.45) is 0 Å². The Kier molecular flexibility index (Phi) is 4.84. The highest BCUT2D eigenvalue weighted by atomic mass is 16.5. The molecule has 1 fully saturated rings. The number of anilines is 2. The molecule has 2 N–H and O–H groups in total. The summed E-state index contributed by atoms with van der Waals surface area (Å²) in [5.41, 5.74) is 5.54. The van der Waals surface area contributed by atoms with Crippen molar-refractivity contribution in [3.63, 3.8) is 0 Å². The molecule has 0 aliphatic heterocycles. The Balaban J connectivity index is 1.54. The van der Waals surface area contributed by atoms with E-state index in [9.17, 15) is 0 Å². The van der Waals surface area contributed by atoms with Gasteiger partial charge in [-0.25, -0.2) is 14.6 Å². The van der Waals surface area contributed by atoms with E-state index >= 15 is 0 Å². The van der Waals surface area contributed by atoms with Crippen LogP contribution in [-0.2, 0) is 0 Å². The molecule has 0 atom stereocenters. The summed E-state index contributed by atoms with van der Waals surface area (Å²) in [6, 6.07) is 6.50. The highest BCUT2D eigenvalue weighted by Crippen LogP contribution is 2.43. The number of fused-ring (bicyclic) bond motifs is 3. The van der Waals surface area contributed by atoms with Crippen molar-refractivity contribution in [1.82, 2.24) is 29.9 Å². The smallest absolute Gasteiger partial charge is 0.145 e. The monoisotopic (exact) mass is 471 g/mol. The average Bonchev–Trinajstić information content (AvgIpc) is 3.36. The maximum atomic E-state index is 5.82. The van der Waals surface area contributed by atoms with Crippen molar-refractivity contribution in [1.29, 1.82) is 0 Å². The molecule has 4 aromatic heterocycles. The first-order valence-corrected chi connectivity index (χ1v) is 12.0. The van der Waals surface area contributed by atoms with Crippen LogP contribution in [0.25, 0.3) is 33.1 Å². The number of nitrogens with zero attached hydrogens (tertiary/aromatic N) is 5. The number of ether oxygens (including phenoxy) is 1. The maximum Gasteiger partial charge on any atom is 0.145 e. The van der Waals surface area contributed by atoms with Crippen molar-refractivity contribution in [3.8, 4) is 16.9 Å². The summed E-state index contributed by atoms with van der Waals surface area (Å²) in [6.45, 7) is 10.0. The molecule has 35 heavy (non-hydrogen) atoms. The zero-order chi connectivity index (χ0) is 24.4. The van der Waals surface area contributed by atoms with Gasteiger partial charge in [-0.1, -0.05) is 5.16 Å². The van der Waals surface area contributed by atoms with Crippen LogP contribution in [0.15, 0.2) is 22.7 Å². The molecule has 0 unspecified atom stereocenters. The average molecular weight is 472 g/mol. The van der Waals surface area contributed by atoms with E-state index in [4.69, 9.17) is 24.3 Å². The van der Waals surface area contributed by atoms with Crippen molar-refractivity contribution in [2.45, 2.75) is 59.4 Å². The third kappa shape index (κ3) is 3.53. The zero-order valence-corrected chi connectivity index (χ0v) is 20.9. The molecule has 1 aromatic carbocycles. The van der Waals surface area contributed by atoms with E-state index in [-0.39, 0.29) is 6.04 Å². The lowest BCUT2D eigenvalue weighted by molar-refractivity contribution is 0.393. The number of aryl methyl sites for hydroxylation is 3. The number of hydrogen-bond acceptors (Lipinski definition) is 7. The Hall–Kier alpha value is -3.88. The molecule has 0 saturated heterocycles. The highest BCUT2D eigenvalue weighted by molar-refractivity contribution is 6.13. The molecule has 1 aliphatic carbocycles. The van der Waals surface area contributed by atoms with Gasteiger partial charge in [0.15, 0.2) is 0 Å². The summed E-state index contributed by atoms with van der Waals surface area (Å²) < 4.78 is 13.3. The van der Waals surface area contributed by atoms with E-state index < -0.39 is 0 Å². The molecule has 6 rings (SSSR count). The van der Waals surface area contributed by atoms with Gasteiger partial charge in [0.1, 0.15) is 34.6 Å². The molecule has 1 saturated carbocycles. The third-order valence-electron chi connectivity index (χ3n) is 6.67. The zero-order valence-electron chi connectivity index (χ0n) is 20.9. The van der Waals surface area contributed by atoms with Crippen LogP contribution in [-0.4, -0.2) is 37.0 Å². The minimum absolute atomic E-state index is 0.226. The molecule has 0 amide bonds. The molecule has 9 nitrogen and oxygen atoms in total. The Bertz CT molecular complexity index is 1570. The largest absolute Gasteiger partial charge is 0.496 e. The molecule has 9 heteroatoms. The standard InChI is InChI=1S/C26H29N7O2/c1-12(2)33-22(11-19(31-33)16-7-8-16)30-26-24-17-10-21(34-6)18(23-13(3)32-35-14(23)4)9-20(17)29-25(24)27-15(5)28-26/h9-12,16H,7-8H2,1-6H3,(H2,27,28,29,30). The van der Waals surface area contributed by atoms with Crippen molar-refractivity contribution < 1.29 is 9.26 Å². The van der Waals surface area contributed by atoms with Crippen LogP contribution in [0.4, 0.5) is 11.6 Å². The van der Waals surface area contributed by atoms with E-state index in [1.165, 1.54) is 12.8 Å². The first-order chi connectivity index (χ1) is 16.8. The molecule has 0 spiro atoms. The molecule has 180 valence electrons. The van der Waals surface area contributed by atoms with E-state index in [0.717, 1.165) is 67.6 Å². The fourth-order valence-corrected chi connectivity index (χ4v) is 4.86. The number of hydrogen-bond donors (Lipinski definition) is 2. The van der Waals surface area contributed by atoms with Crippen molar-refractivity contribution >= 4 is 33.6 Å². The predicted octanol–water partition coefficient (Wildman–Crippen LogP) is 6.10. The van der Waals surface area contributed by atoms with Crippen LogP contribution in [0, 0.1) is 20.8 Å².